The minimum atomic E-state index is -0.512. The highest BCUT2D eigenvalue weighted by Crippen LogP contribution is 2.76. The predicted octanol–water partition coefficient (Wildman–Crippen LogP) is 8.29. The van der Waals surface area contributed by atoms with Gasteiger partial charge < -0.3 is 5.11 Å². The lowest BCUT2D eigenvalue weighted by molar-refractivity contribution is -0.231. The molecule has 45 heavy (non-hydrogen) atoms. The second-order valence-corrected chi connectivity index (χ2v) is 18.0. The summed E-state index contributed by atoms with van der Waals surface area (Å²) >= 11 is 0. The molecule has 4 fully saturated rings. The lowest BCUT2D eigenvalue weighted by atomic mass is 9.31. The summed E-state index contributed by atoms with van der Waals surface area (Å²) in [7, 11) is 0. The van der Waals surface area contributed by atoms with Crippen LogP contribution >= 0.6 is 0 Å². The van der Waals surface area contributed by atoms with Crippen molar-refractivity contribution in [2.75, 3.05) is 6.54 Å². The van der Waals surface area contributed by atoms with Gasteiger partial charge in [0.2, 0.25) is 0 Å². The van der Waals surface area contributed by atoms with Gasteiger partial charge in [-0.1, -0.05) is 60.6 Å². The average molecular weight is 611 g/mol. The largest absolute Gasteiger partial charge is 0.511 e. The Balaban J connectivity index is 1.29. The molecule has 0 radical (unpaired) electrons. The zero-order valence-corrected chi connectivity index (χ0v) is 28.3. The van der Waals surface area contributed by atoms with E-state index in [4.69, 9.17) is 0 Å². The Hall–Kier alpha value is -2.94. The van der Waals surface area contributed by atoms with Gasteiger partial charge >= 0.3 is 0 Å². The molecule has 2 amide bonds. The van der Waals surface area contributed by atoms with Crippen LogP contribution in [0.2, 0.25) is 0 Å². The lowest BCUT2D eigenvalue weighted by Crippen LogP contribution is -2.69. The highest BCUT2D eigenvalue weighted by Gasteiger charge is 2.72. The maximum absolute atomic E-state index is 14.9. The van der Waals surface area contributed by atoms with E-state index in [1.807, 2.05) is 12.1 Å². The summed E-state index contributed by atoms with van der Waals surface area (Å²) in [5, 5.41) is 21.2. The van der Waals surface area contributed by atoms with Crippen molar-refractivity contribution in [1.29, 1.82) is 5.26 Å². The molecular weight excluding hydrogens is 560 g/mol. The monoisotopic (exact) mass is 610 g/mol. The Morgan fingerprint density at radius 1 is 0.867 bits per heavy atom. The number of carbonyl (C=O) groups is 3. The van der Waals surface area contributed by atoms with Crippen molar-refractivity contribution in [3.8, 4) is 6.07 Å². The van der Waals surface area contributed by atoms with Gasteiger partial charge in [0.05, 0.1) is 22.8 Å². The van der Waals surface area contributed by atoms with Gasteiger partial charge in [-0.25, -0.2) is 0 Å². The fourth-order valence-corrected chi connectivity index (χ4v) is 12.7. The topological polar surface area (TPSA) is 98.5 Å². The molecule has 4 saturated carbocycles. The van der Waals surface area contributed by atoms with Crippen LogP contribution in [-0.4, -0.2) is 34.1 Å². The van der Waals surface area contributed by atoms with E-state index in [2.05, 4.69) is 54.5 Å². The van der Waals surface area contributed by atoms with Gasteiger partial charge in [0.15, 0.2) is 0 Å². The first-order valence-electron chi connectivity index (χ1n) is 17.3. The fraction of sp³-hybridized carbons (Fsp3) is 0.692. The van der Waals surface area contributed by atoms with Gasteiger partial charge in [0.25, 0.3) is 11.8 Å². The summed E-state index contributed by atoms with van der Waals surface area (Å²) in [6, 6.07) is 9.49. The third kappa shape index (κ3) is 3.82. The first-order chi connectivity index (χ1) is 21.0. The summed E-state index contributed by atoms with van der Waals surface area (Å²) in [6.45, 7) is 16.3. The number of ketones is 1. The van der Waals surface area contributed by atoms with Crippen molar-refractivity contribution >= 4 is 17.6 Å². The van der Waals surface area contributed by atoms with Crippen molar-refractivity contribution < 1.29 is 19.5 Å². The second-order valence-electron chi connectivity index (χ2n) is 18.0. The van der Waals surface area contributed by atoms with Crippen LogP contribution in [-0.2, 0) is 4.79 Å². The quantitative estimate of drug-likeness (QED) is 0.340. The number of hydrogen-bond donors (Lipinski definition) is 1. The number of rotatable bonds is 2. The van der Waals surface area contributed by atoms with Crippen molar-refractivity contribution in [3.63, 3.8) is 0 Å². The summed E-state index contributed by atoms with van der Waals surface area (Å²) in [4.78, 5) is 43.6. The minimum Gasteiger partial charge on any atom is -0.511 e. The standard InChI is InChI=1S/C39H50N2O4/c1-34(2)14-16-39(22-41-32(44)24-10-8-9-11-25(24)33(41)45)17-15-38(7)30(26(39)20-34)27(42)18-29-36(5)19-23(21-40)31(43)35(3,4)28(36)12-13-37(29,38)6/h8-11,26,28-30,43H,12-20,22H2,1-7H3/t26-,28-,29+,30-,36-,37+,38+,39+/m0/s1. The Bertz CT molecular complexity index is 1560. The first-order valence-corrected chi connectivity index (χ1v) is 17.3. The van der Waals surface area contributed by atoms with Crippen LogP contribution in [0.15, 0.2) is 35.6 Å². The number of nitrogens with zero attached hydrogens (tertiary/aromatic N) is 2. The van der Waals surface area contributed by atoms with Crippen molar-refractivity contribution in [1.82, 2.24) is 4.90 Å². The molecule has 0 aromatic heterocycles. The van der Waals surface area contributed by atoms with Crippen LogP contribution in [0.4, 0.5) is 0 Å². The average Bonchev–Trinajstić information content (AvgIpc) is 3.21. The third-order valence-electron chi connectivity index (χ3n) is 15.3. The van der Waals surface area contributed by atoms with Crippen LogP contribution < -0.4 is 0 Å². The molecule has 6 aliphatic rings. The van der Waals surface area contributed by atoms with Gasteiger partial charge in [-0.2, -0.15) is 5.26 Å². The number of benzene rings is 1. The summed E-state index contributed by atoms with van der Waals surface area (Å²) in [6.07, 6.45) is 7.65. The molecule has 0 bridgehead atoms. The summed E-state index contributed by atoms with van der Waals surface area (Å²) < 4.78 is 0. The number of Topliss-reactive ketones (excluding diaryl/α,β-unsaturated/α-hetero) is 1. The van der Waals surface area contributed by atoms with Gasteiger partial charge in [0.1, 0.15) is 11.5 Å². The molecule has 0 unspecified atom stereocenters. The number of aliphatic hydroxyl groups is 1. The lowest BCUT2D eigenvalue weighted by Gasteiger charge is -2.72. The Labute approximate surface area is 268 Å². The van der Waals surface area contributed by atoms with E-state index < -0.39 is 5.41 Å². The molecule has 1 aromatic rings. The van der Waals surface area contributed by atoms with Gasteiger partial charge in [-0.15, -0.1) is 0 Å². The molecule has 5 aliphatic carbocycles. The number of hydrogen-bond acceptors (Lipinski definition) is 5. The van der Waals surface area contributed by atoms with Crippen molar-refractivity contribution in [3.05, 3.63) is 46.7 Å². The third-order valence-corrected chi connectivity index (χ3v) is 15.3. The fourth-order valence-electron chi connectivity index (χ4n) is 12.7. The Morgan fingerprint density at radius 3 is 2.11 bits per heavy atom. The highest BCUT2D eigenvalue weighted by molar-refractivity contribution is 6.21. The zero-order chi connectivity index (χ0) is 32.5. The van der Waals surface area contributed by atoms with Gasteiger partial charge in [-0.3, -0.25) is 19.3 Å². The molecule has 8 atom stereocenters. The van der Waals surface area contributed by atoms with E-state index in [1.54, 1.807) is 12.1 Å². The molecule has 6 nitrogen and oxygen atoms in total. The minimum absolute atomic E-state index is 0.0769. The number of allylic oxidation sites excluding steroid dienone is 2. The molecule has 0 spiro atoms. The van der Waals surface area contributed by atoms with Crippen LogP contribution in [0.3, 0.4) is 0 Å². The van der Waals surface area contributed by atoms with Gasteiger partial charge in [-0.05, 0) is 108 Å². The summed E-state index contributed by atoms with van der Waals surface area (Å²) in [5.74, 6) is 0.472. The van der Waals surface area contributed by atoms with E-state index in [1.165, 1.54) is 4.90 Å². The molecule has 1 N–H and O–H groups in total. The molecule has 1 aromatic carbocycles. The van der Waals surface area contributed by atoms with Crippen LogP contribution in [0.5, 0.6) is 0 Å². The van der Waals surface area contributed by atoms with Crippen LogP contribution in [0, 0.1) is 67.5 Å². The Morgan fingerprint density at radius 2 is 1.49 bits per heavy atom. The SMILES string of the molecule is CC1(C)CC[C@]2(CN3C(=O)c4ccccc4C3=O)CC[C@]3(C)[C@H](C(=O)C[C@@H]4[C@@]5(C)CC(C#N)=C(O)C(C)(C)[C@@H]5CC[C@]43C)[C@@H]2C1. The van der Waals surface area contributed by atoms with E-state index >= 15 is 0 Å². The van der Waals surface area contributed by atoms with Crippen LogP contribution in [0.25, 0.3) is 0 Å². The second kappa shape index (κ2) is 9.33. The molecular formula is C39H50N2O4. The molecule has 0 saturated heterocycles. The van der Waals surface area contributed by atoms with E-state index in [-0.39, 0.29) is 68.3 Å². The van der Waals surface area contributed by atoms with Crippen molar-refractivity contribution in [2.45, 2.75) is 106 Å². The van der Waals surface area contributed by atoms with E-state index in [9.17, 15) is 24.8 Å². The zero-order valence-electron chi connectivity index (χ0n) is 28.3. The smallest absolute Gasteiger partial charge is 0.261 e. The number of fused-ring (bicyclic) bond motifs is 8. The number of amides is 2. The number of imide groups is 1. The molecule has 240 valence electrons. The number of nitriles is 1. The number of aliphatic hydroxyl groups excluding tert-OH is 1. The molecule has 7 rings (SSSR count). The predicted molar refractivity (Wildman–Crippen MR) is 172 cm³/mol. The normalized spacial score (nSPS) is 43.1. The van der Waals surface area contributed by atoms with Crippen LogP contribution in [0.1, 0.15) is 127 Å². The number of carbonyl (C=O) groups excluding carboxylic acids is 3. The van der Waals surface area contributed by atoms with E-state index in [0.717, 1.165) is 44.9 Å². The van der Waals surface area contributed by atoms with Crippen molar-refractivity contribution in [2.24, 2.45) is 56.2 Å². The highest BCUT2D eigenvalue weighted by atomic mass is 16.3. The molecule has 6 heteroatoms. The maximum Gasteiger partial charge on any atom is 0.261 e. The van der Waals surface area contributed by atoms with E-state index in [0.29, 0.717) is 41.9 Å². The molecule has 1 heterocycles. The Kier molecular flexibility index (Phi) is 6.36. The first kappa shape index (κ1) is 30.7. The van der Waals surface area contributed by atoms with Gasteiger partial charge in [0, 0.05) is 24.3 Å². The molecule has 1 aliphatic heterocycles. The maximum atomic E-state index is 14.9. The summed E-state index contributed by atoms with van der Waals surface area (Å²) in [5.41, 5.74) is 0.159.